The van der Waals surface area contributed by atoms with E-state index in [4.69, 9.17) is 16.3 Å². The zero-order valence-electron chi connectivity index (χ0n) is 24.3. The number of nitrogens with one attached hydrogen (secondary N) is 1. The first-order valence-electron chi connectivity index (χ1n) is 14.8. The quantitative estimate of drug-likeness (QED) is 0.210. The van der Waals surface area contributed by atoms with Crippen LogP contribution in [0, 0.1) is 5.82 Å². The number of benzene rings is 2. The average molecular weight is 605 g/mol. The molecule has 0 aliphatic carbocycles. The highest BCUT2D eigenvalue weighted by Gasteiger charge is 2.34. The third-order valence-electron chi connectivity index (χ3n) is 8.40. The van der Waals surface area contributed by atoms with Gasteiger partial charge in [-0.1, -0.05) is 25.4 Å². The molecule has 1 saturated heterocycles. The van der Waals surface area contributed by atoms with E-state index >= 15 is 4.39 Å². The minimum absolute atomic E-state index is 0.0638. The molecule has 4 aromatic rings. The summed E-state index contributed by atoms with van der Waals surface area (Å²) in [6.45, 7) is 8.69. The van der Waals surface area contributed by atoms with Crippen molar-refractivity contribution in [3.63, 3.8) is 0 Å². The second-order valence-electron chi connectivity index (χ2n) is 10.9. The van der Waals surface area contributed by atoms with Gasteiger partial charge in [0.2, 0.25) is 5.43 Å². The number of pyridine rings is 1. The predicted octanol–water partition coefficient (Wildman–Crippen LogP) is 5.52. The minimum Gasteiger partial charge on any atom is -0.451 e. The normalized spacial score (nSPS) is 15.6. The van der Waals surface area contributed by atoms with Gasteiger partial charge in [0.05, 0.1) is 16.8 Å². The number of rotatable bonds is 10. The van der Waals surface area contributed by atoms with Crippen LogP contribution >= 0.6 is 11.6 Å². The molecule has 1 N–H and O–H groups in total. The van der Waals surface area contributed by atoms with Gasteiger partial charge in [-0.05, 0) is 63.2 Å². The number of carbonyl (C=O) groups excluding carboxylic acids is 1. The summed E-state index contributed by atoms with van der Waals surface area (Å²) in [6.07, 6.45) is 9.02. The highest BCUT2D eigenvalue weighted by Crippen LogP contribution is 2.48. The monoisotopic (exact) mass is 604 g/mol. The molecule has 4 heterocycles. The molecule has 224 valence electrons. The summed E-state index contributed by atoms with van der Waals surface area (Å²) in [5, 5.41) is 3.42. The number of hydrogen-bond donors (Lipinski definition) is 1. The molecule has 0 saturated carbocycles. The summed E-state index contributed by atoms with van der Waals surface area (Å²) in [6, 6.07) is 6.33. The Kier molecular flexibility index (Phi) is 8.32. The molecule has 0 radical (unpaired) electrons. The molecule has 2 aliphatic rings. The van der Waals surface area contributed by atoms with Gasteiger partial charge in [-0.3, -0.25) is 19.6 Å². The minimum atomic E-state index is -0.586. The highest BCUT2D eigenvalue weighted by atomic mass is 35.5. The second kappa shape index (κ2) is 12.3. The molecule has 11 heteroatoms. The van der Waals surface area contributed by atoms with E-state index in [2.05, 4.69) is 34.0 Å². The van der Waals surface area contributed by atoms with Crippen LogP contribution in [0.25, 0.3) is 16.6 Å². The molecule has 0 bridgehead atoms. The number of unbranched alkanes of at least 4 members (excludes halogenated alkanes) is 1. The molecule has 1 fully saturated rings. The fourth-order valence-corrected chi connectivity index (χ4v) is 6.22. The van der Waals surface area contributed by atoms with Crippen molar-refractivity contribution in [1.82, 2.24) is 24.8 Å². The van der Waals surface area contributed by atoms with E-state index in [-0.39, 0.29) is 28.3 Å². The van der Waals surface area contributed by atoms with Gasteiger partial charge in [-0.25, -0.2) is 4.39 Å². The van der Waals surface area contributed by atoms with Crippen LogP contribution in [-0.4, -0.2) is 64.6 Å². The van der Waals surface area contributed by atoms with E-state index in [1.165, 1.54) is 12.3 Å². The molecule has 6 rings (SSSR count). The van der Waals surface area contributed by atoms with Crippen molar-refractivity contribution in [1.29, 1.82) is 0 Å². The molecular formula is C32H34ClFN6O3. The molecule has 2 aliphatic heterocycles. The number of fused-ring (bicyclic) bond motifs is 2. The lowest BCUT2D eigenvalue weighted by molar-refractivity contribution is 0.0951. The Bertz CT molecular complexity index is 1730. The molecule has 1 atom stereocenters. The predicted molar refractivity (Wildman–Crippen MR) is 166 cm³/mol. The van der Waals surface area contributed by atoms with E-state index in [1.54, 1.807) is 41.4 Å². The van der Waals surface area contributed by atoms with Crippen LogP contribution in [0.3, 0.4) is 0 Å². The lowest BCUT2D eigenvalue weighted by Gasteiger charge is -2.29. The molecule has 2 aromatic heterocycles. The number of carbonyl (C=O) groups is 1. The van der Waals surface area contributed by atoms with Crippen LogP contribution in [0.15, 0.2) is 53.8 Å². The summed E-state index contributed by atoms with van der Waals surface area (Å²) in [5.74, 6) is -0.319. The van der Waals surface area contributed by atoms with Crippen molar-refractivity contribution >= 4 is 34.1 Å². The number of aromatic nitrogens is 3. The summed E-state index contributed by atoms with van der Waals surface area (Å²) in [7, 11) is 0. The van der Waals surface area contributed by atoms with Crippen molar-refractivity contribution < 1.29 is 13.9 Å². The molecular weight excluding hydrogens is 571 g/mol. The fourth-order valence-electron chi connectivity index (χ4n) is 6.06. The first-order chi connectivity index (χ1) is 20.9. The number of nitrogens with zero attached hydrogens (tertiary/aromatic N) is 5. The van der Waals surface area contributed by atoms with E-state index in [0.29, 0.717) is 41.6 Å². The third-order valence-corrected chi connectivity index (χ3v) is 8.63. The van der Waals surface area contributed by atoms with Crippen LogP contribution in [0.2, 0.25) is 5.02 Å². The van der Waals surface area contributed by atoms with Gasteiger partial charge in [-0.2, -0.15) is 0 Å². The SMILES string of the molecule is CCN(CC)CCCCNC(=O)c1cn2c3c(c(N4CCC(c5cnccn5)C4)c(F)cc3c1=O)Oc1ccc(Cl)cc1-2. The Morgan fingerprint density at radius 2 is 2.05 bits per heavy atom. The van der Waals surface area contributed by atoms with Crippen molar-refractivity contribution in [2.75, 3.05) is 44.2 Å². The summed E-state index contributed by atoms with van der Waals surface area (Å²) in [4.78, 5) is 39.9. The maximum Gasteiger partial charge on any atom is 0.256 e. The first-order valence-corrected chi connectivity index (χ1v) is 15.2. The number of anilines is 1. The largest absolute Gasteiger partial charge is 0.451 e. The van der Waals surface area contributed by atoms with Gasteiger partial charge in [0, 0.05) is 55.4 Å². The molecule has 1 unspecified atom stereocenters. The van der Waals surface area contributed by atoms with Crippen molar-refractivity contribution in [2.24, 2.45) is 0 Å². The Morgan fingerprint density at radius 1 is 1.21 bits per heavy atom. The van der Waals surface area contributed by atoms with Crippen molar-refractivity contribution in [3.05, 3.63) is 81.4 Å². The maximum absolute atomic E-state index is 16.0. The Morgan fingerprint density at radius 3 is 2.81 bits per heavy atom. The Hall–Kier alpha value is -4.02. The number of ether oxygens (including phenoxy) is 1. The van der Waals surface area contributed by atoms with Gasteiger partial charge in [-0.15, -0.1) is 0 Å². The molecule has 0 spiro atoms. The van der Waals surface area contributed by atoms with Gasteiger partial charge >= 0.3 is 0 Å². The summed E-state index contributed by atoms with van der Waals surface area (Å²) >= 11 is 6.36. The van der Waals surface area contributed by atoms with Crippen LogP contribution in [0.1, 0.15) is 55.1 Å². The average Bonchev–Trinajstić information content (AvgIpc) is 3.50. The fraction of sp³-hybridized carbons (Fsp3) is 0.375. The highest BCUT2D eigenvalue weighted by molar-refractivity contribution is 6.30. The van der Waals surface area contributed by atoms with E-state index in [1.807, 2.05) is 4.90 Å². The lowest BCUT2D eigenvalue weighted by Crippen LogP contribution is -2.32. The standard InChI is InChI=1S/C32H34ClFN6O3/c1-3-38(4-2)13-6-5-10-37-32(42)23-19-40-26-15-21(33)7-8-27(26)43-31-28(40)22(30(23)41)16-24(34)29(31)39-14-9-20(18-39)25-17-35-11-12-36-25/h7-8,11-12,15-17,19-20H,3-6,9-10,13-14,18H2,1-2H3,(H,37,42). The van der Waals surface area contributed by atoms with Crippen LogP contribution in [-0.2, 0) is 0 Å². The zero-order valence-corrected chi connectivity index (χ0v) is 25.0. The van der Waals surface area contributed by atoms with E-state index in [0.717, 1.165) is 44.6 Å². The van der Waals surface area contributed by atoms with Crippen LogP contribution in [0.5, 0.6) is 11.5 Å². The van der Waals surface area contributed by atoms with Crippen molar-refractivity contribution in [2.45, 2.75) is 39.0 Å². The van der Waals surface area contributed by atoms with E-state index in [9.17, 15) is 9.59 Å². The zero-order chi connectivity index (χ0) is 30.1. The Balaban J connectivity index is 1.37. The number of amides is 1. The van der Waals surface area contributed by atoms with Gasteiger partial charge in [0.1, 0.15) is 16.8 Å². The maximum atomic E-state index is 16.0. The molecule has 1 amide bonds. The van der Waals surface area contributed by atoms with Gasteiger partial charge < -0.3 is 24.4 Å². The summed E-state index contributed by atoms with van der Waals surface area (Å²) in [5.41, 5.74) is 1.47. The van der Waals surface area contributed by atoms with E-state index < -0.39 is 17.2 Å². The molecule has 2 aromatic carbocycles. The van der Waals surface area contributed by atoms with Gasteiger partial charge in [0.25, 0.3) is 5.91 Å². The number of halogens is 2. The summed E-state index contributed by atoms with van der Waals surface area (Å²) < 4.78 is 24.1. The lowest BCUT2D eigenvalue weighted by atomic mass is 10.0. The van der Waals surface area contributed by atoms with Gasteiger partial charge in [0.15, 0.2) is 17.3 Å². The molecule has 43 heavy (non-hydrogen) atoms. The second-order valence-corrected chi connectivity index (χ2v) is 11.4. The van der Waals surface area contributed by atoms with Crippen LogP contribution in [0.4, 0.5) is 10.1 Å². The smallest absolute Gasteiger partial charge is 0.256 e. The number of hydrogen-bond acceptors (Lipinski definition) is 7. The van der Waals surface area contributed by atoms with Crippen LogP contribution < -0.4 is 20.4 Å². The van der Waals surface area contributed by atoms with Crippen molar-refractivity contribution in [3.8, 4) is 17.2 Å². The Labute approximate surface area is 254 Å². The first kappa shape index (κ1) is 29.1. The molecule has 9 nitrogen and oxygen atoms in total. The third kappa shape index (κ3) is 5.57. The topological polar surface area (TPSA) is 92.6 Å².